The third-order valence-corrected chi connectivity index (χ3v) is 7.30. The van der Waals surface area contributed by atoms with Crippen molar-refractivity contribution in [1.82, 2.24) is 9.62 Å². The molecule has 174 valence electrons. The van der Waals surface area contributed by atoms with Crippen LogP contribution < -0.4 is 9.46 Å². The van der Waals surface area contributed by atoms with E-state index in [1.54, 1.807) is 18.2 Å². The summed E-state index contributed by atoms with van der Waals surface area (Å²) in [6.07, 6.45) is 0.645. The van der Waals surface area contributed by atoms with E-state index in [9.17, 15) is 18.3 Å². The second kappa shape index (κ2) is 10.8. The summed E-state index contributed by atoms with van der Waals surface area (Å²) in [5.74, 6) is -0.479. The number of aliphatic hydroxyl groups is 1. The molecule has 11 heteroatoms. The van der Waals surface area contributed by atoms with Gasteiger partial charge in [-0.25, -0.2) is 17.9 Å². The number of rotatable bonds is 9. The Bertz CT molecular complexity index is 1040. The van der Waals surface area contributed by atoms with Crippen LogP contribution in [0.1, 0.15) is 23.2 Å². The highest BCUT2D eigenvalue weighted by molar-refractivity contribution is 7.89. The maximum Gasteiger partial charge on any atom is 0.335 e. The van der Waals surface area contributed by atoms with Crippen LogP contribution in [0.5, 0.6) is 5.75 Å². The van der Waals surface area contributed by atoms with E-state index in [1.807, 2.05) is 0 Å². The SMILES string of the molecule is O=C(O)c1ccc(S(=O)(=O)NC[C@@H](O)CN2CCC(Oc3ccc(Cl)c(Cl)c3)CC2)cc1. The van der Waals surface area contributed by atoms with Crippen molar-refractivity contribution in [2.75, 3.05) is 26.2 Å². The van der Waals surface area contributed by atoms with Gasteiger partial charge in [0, 0.05) is 32.2 Å². The zero-order chi connectivity index (χ0) is 23.3. The van der Waals surface area contributed by atoms with Gasteiger partial charge in [0.15, 0.2) is 0 Å². The number of hydrogen-bond acceptors (Lipinski definition) is 6. The number of nitrogens with one attached hydrogen (secondary N) is 1. The number of likely N-dealkylation sites (tertiary alicyclic amines) is 1. The second-order valence-corrected chi connectivity index (χ2v) is 10.1. The number of benzene rings is 2. The van der Waals surface area contributed by atoms with Crippen LogP contribution in [0.15, 0.2) is 47.4 Å². The van der Waals surface area contributed by atoms with Crippen LogP contribution in [0.2, 0.25) is 10.0 Å². The van der Waals surface area contributed by atoms with Gasteiger partial charge in [0.2, 0.25) is 10.0 Å². The third-order valence-electron chi connectivity index (χ3n) is 5.12. The van der Waals surface area contributed by atoms with Crippen LogP contribution in [0.25, 0.3) is 0 Å². The average Bonchev–Trinajstić information content (AvgIpc) is 2.76. The minimum Gasteiger partial charge on any atom is -0.490 e. The number of halogens is 2. The third kappa shape index (κ3) is 6.81. The molecule has 1 saturated heterocycles. The molecule has 2 aromatic carbocycles. The molecule has 32 heavy (non-hydrogen) atoms. The van der Waals surface area contributed by atoms with Crippen molar-refractivity contribution < 1.29 is 28.2 Å². The quantitative estimate of drug-likeness (QED) is 0.482. The number of hydrogen-bond donors (Lipinski definition) is 3. The van der Waals surface area contributed by atoms with Crippen LogP contribution in [-0.2, 0) is 10.0 Å². The number of nitrogens with zero attached hydrogens (tertiary/aromatic N) is 1. The van der Waals surface area contributed by atoms with Gasteiger partial charge in [-0.05, 0) is 49.2 Å². The monoisotopic (exact) mass is 502 g/mol. The van der Waals surface area contributed by atoms with Gasteiger partial charge in [-0.1, -0.05) is 23.2 Å². The fourth-order valence-electron chi connectivity index (χ4n) is 3.38. The Labute approximate surface area is 196 Å². The molecule has 0 aromatic heterocycles. The summed E-state index contributed by atoms with van der Waals surface area (Å²) in [5.41, 5.74) is -0.00414. The number of aliphatic hydroxyl groups excluding tert-OH is 1. The topological polar surface area (TPSA) is 116 Å². The summed E-state index contributed by atoms with van der Waals surface area (Å²) in [6.45, 7) is 1.57. The molecule has 0 saturated carbocycles. The van der Waals surface area contributed by atoms with E-state index in [2.05, 4.69) is 9.62 Å². The first-order chi connectivity index (χ1) is 15.1. The fraction of sp³-hybridized carbons (Fsp3) is 0.381. The van der Waals surface area contributed by atoms with Gasteiger partial charge in [-0.3, -0.25) is 0 Å². The van der Waals surface area contributed by atoms with Gasteiger partial charge in [-0.15, -0.1) is 0 Å². The maximum absolute atomic E-state index is 12.4. The smallest absolute Gasteiger partial charge is 0.335 e. The molecule has 2 aromatic rings. The minimum absolute atomic E-state index is 0.00414. The van der Waals surface area contributed by atoms with E-state index < -0.39 is 22.1 Å². The van der Waals surface area contributed by atoms with Crippen LogP contribution in [0.3, 0.4) is 0 Å². The lowest BCUT2D eigenvalue weighted by Crippen LogP contribution is -2.45. The van der Waals surface area contributed by atoms with Gasteiger partial charge in [0.05, 0.1) is 26.6 Å². The first kappa shape index (κ1) is 24.8. The number of carboxylic acid groups (broad SMARTS) is 1. The summed E-state index contributed by atoms with van der Waals surface area (Å²) in [7, 11) is -3.85. The van der Waals surface area contributed by atoms with Crippen LogP contribution in [0, 0.1) is 0 Å². The highest BCUT2D eigenvalue weighted by atomic mass is 35.5. The Morgan fingerprint density at radius 3 is 2.38 bits per heavy atom. The van der Waals surface area contributed by atoms with Gasteiger partial charge in [0.1, 0.15) is 11.9 Å². The van der Waals surface area contributed by atoms with Gasteiger partial charge >= 0.3 is 5.97 Å². The number of piperidine rings is 1. The molecule has 3 N–H and O–H groups in total. The molecule has 1 heterocycles. The number of aromatic carboxylic acids is 1. The van der Waals surface area contributed by atoms with E-state index in [-0.39, 0.29) is 23.1 Å². The van der Waals surface area contributed by atoms with E-state index in [0.29, 0.717) is 35.4 Å². The fourth-order valence-corrected chi connectivity index (χ4v) is 4.74. The molecule has 8 nitrogen and oxygen atoms in total. The number of sulfonamides is 1. The molecule has 1 atom stereocenters. The highest BCUT2D eigenvalue weighted by Gasteiger charge is 2.23. The maximum atomic E-state index is 12.4. The Hall–Kier alpha value is -1.88. The van der Waals surface area contributed by atoms with Crippen molar-refractivity contribution >= 4 is 39.2 Å². The number of carbonyl (C=O) groups is 1. The Morgan fingerprint density at radius 1 is 1.12 bits per heavy atom. The Balaban J connectivity index is 1.43. The highest BCUT2D eigenvalue weighted by Crippen LogP contribution is 2.28. The van der Waals surface area contributed by atoms with Crippen molar-refractivity contribution in [2.24, 2.45) is 0 Å². The van der Waals surface area contributed by atoms with E-state index in [4.69, 9.17) is 33.0 Å². The minimum atomic E-state index is -3.85. The number of ether oxygens (including phenoxy) is 1. The lowest BCUT2D eigenvalue weighted by molar-refractivity contribution is 0.0630. The van der Waals surface area contributed by atoms with Gasteiger partial charge in [-0.2, -0.15) is 0 Å². The van der Waals surface area contributed by atoms with E-state index >= 15 is 0 Å². The molecule has 1 fully saturated rings. The van der Waals surface area contributed by atoms with Crippen molar-refractivity contribution in [3.05, 3.63) is 58.1 Å². The number of carboxylic acids is 1. The largest absolute Gasteiger partial charge is 0.490 e. The van der Waals surface area contributed by atoms with Crippen molar-refractivity contribution in [1.29, 1.82) is 0 Å². The lowest BCUT2D eigenvalue weighted by atomic mass is 10.1. The van der Waals surface area contributed by atoms with E-state index in [1.165, 1.54) is 24.3 Å². The lowest BCUT2D eigenvalue weighted by Gasteiger charge is -2.33. The molecule has 0 unspecified atom stereocenters. The molecular weight excluding hydrogens is 479 g/mol. The first-order valence-corrected chi connectivity index (χ1v) is 12.2. The van der Waals surface area contributed by atoms with Crippen LogP contribution in [-0.4, -0.2) is 67.9 Å². The number of β-amino-alcohol motifs (C(OH)–C–C–N with tert-alkyl or cyclic N) is 1. The van der Waals surface area contributed by atoms with E-state index in [0.717, 1.165) is 12.8 Å². The summed E-state index contributed by atoms with van der Waals surface area (Å²) < 4.78 is 33.0. The first-order valence-electron chi connectivity index (χ1n) is 9.99. The molecular formula is C21H24Cl2N2O6S. The zero-order valence-corrected chi connectivity index (χ0v) is 19.4. The van der Waals surface area contributed by atoms with Crippen molar-refractivity contribution in [2.45, 2.75) is 29.9 Å². The molecule has 3 rings (SSSR count). The zero-order valence-electron chi connectivity index (χ0n) is 17.1. The van der Waals surface area contributed by atoms with Crippen molar-refractivity contribution in [3.63, 3.8) is 0 Å². The standard InChI is InChI=1S/C21H24Cl2N2O6S/c22-19-6-3-17(11-20(19)23)31-16-7-9-25(10-8-16)13-15(26)12-24-32(29,30)18-4-1-14(2-5-18)21(27)28/h1-6,11,15-16,24,26H,7-10,12-13H2,(H,27,28)/t15-/m1/s1. The molecule has 0 bridgehead atoms. The Morgan fingerprint density at radius 2 is 1.78 bits per heavy atom. The normalized spacial score (nSPS) is 16.6. The molecule has 1 aliphatic rings. The molecule has 0 radical (unpaired) electrons. The van der Waals surface area contributed by atoms with Gasteiger partial charge in [0.25, 0.3) is 0 Å². The molecule has 0 aliphatic carbocycles. The van der Waals surface area contributed by atoms with Gasteiger partial charge < -0.3 is 19.8 Å². The summed E-state index contributed by atoms with van der Waals surface area (Å²) in [5, 5.41) is 20.1. The van der Waals surface area contributed by atoms with Crippen LogP contribution >= 0.6 is 23.2 Å². The van der Waals surface area contributed by atoms with Crippen LogP contribution in [0.4, 0.5) is 0 Å². The average molecular weight is 503 g/mol. The molecule has 0 amide bonds. The predicted octanol–water partition coefficient (Wildman–Crippen LogP) is 2.87. The summed E-state index contributed by atoms with van der Waals surface area (Å²) >= 11 is 11.9. The summed E-state index contributed by atoms with van der Waals surface area (Å²) in [6, 6.07) is 10.0. The second-order valence-electron chi connectivity index (χ2n) is 7.53. The predicted molar refractivity (Wildman–Crippen MR) is 121 cm³/mol. The Kier molecular flexibility index (Phi) is 8.37. The summed E-state index contributed by atoms with van der Waals surface area (Å²) in [4.78, 5) is 12.9. The molecule has 1 aliphatic heterocycles. The molecule has 0 spiro atoms. The van der Waals surface area contributed by atoms with Crippen molar-refractivity contribution in [3.8, 4) is 5.75 Å².